The largest absolute Gasteiger partial charge is 0.472 e. The average Bonchev–Trinajstić information content (AvgIpc) is 2.94. The Hall–Kier alpha value is -1.28. The van der Waals surface area contributed by atoms with Crippen LogP contribution in [0.4, 0.5) is 0 Å². The number of unbranched alkanes of at least 4 members (excludes halogenated alkanes) is 12. The van der Waals surface area contributed by atoms with Crippen LogP contribution in [-0.4, -0.2) is 73.4 Å². The van der Waals surface area contributed by atoms with Crippen LogP contribution in [0.25, 0.3) is 0 Å². The molecule has 0 radical (unpaired) electrons. The SMILES string of the molecule is CCCCCCCCCCC/C=C/CC/C=C/CC/C=C/C(O)C(COP(=O)(O)OCC[N+](C)(C)C)NC(=O)CCCC. The summed E-state index contributed by atoms with van der Waals surface area (Å²) in [5.74, 6) is -0.230. The van der Waals surface area contributed by atoms with E-state index in [1.165, 1.54) is 64.2 Å². The van der Waals surface area contributed by atoms with Crippen molar-refractivity contribution in [1.29, 1.82) is 0 Å². The number of allylic oxidation sites excluding steroid dienone is 5. The predicted molar refractivity (Wildman–Crippen MR) is 180 cm³/mol. The highest BCUT2D eigenvalue weighted by Crippen LogP contribution is 2.43. The second kappa shape index (κ2) is 27.1. The fourth-order valence-electron chi connectivity index (χ4n) is 4.28. The lowest BCUT2D eigenvalue weighted by molar-refractivity contribution is -0.870. The van der Waals surface area contributed by atoms with E-state index < -0.39 is 20.0 Å². The molecule has 0 aliphatic heterocycles. The first-order chi connectivity index (χ1) is 20.5. The number of hydrogen-bond donors (Lipinski definition) is 3. The number of likely N-dealkylation sites (N-methyl/N-ethyl adjacent to an activating group) is 1. The van der Waals surface area contributed by atoms with Gasteiger partial charge in [0.1, 0.15) is 13.2 Å². The van der Waals surface area contributed by atoms with Crippen LogP contribution in [0.2, 0.25) is 0 Å². The van der Waals surface area contributed by atoms with E-state index in [4.69, 9.17) is 9.05 Å². The van der Waals surface area contributed by atoms with E-state index in [0.29, 0.717) is 17.4 Å². The van der Waals surface area contributed by atoms with Gasteiger partial charge in [0.05, 0.1) is 39.9 Å². The molecule has 0 saturated heterocycles. The van der Waals surface area contributed by atoms with Crippen molar-refractivity contribution in [1.82, 2.24) is 5.32 Å². The third-order valence-electron chi connectivity index (χ3n) is 7.09. The van der Waals surface area contributed by atoms with E-state index in [9.17, 15) is 19.4 Å². The van der Waals surface area contributed by atoms with Crippen molar-refractivity contribution in [3.63, 3.8) is 0 Å². The standard InChI is InChI=1S/C34H65N2O6P/c1-6-8-10-11-12-13-14-15-16-17-18-19-20-21-22-23-24-25-26-27-33(37)32(35-34(38)28-9-7-2)31-42-43(39,40)41-30-29-36(3,4)5/h18-19,22-23,26-27,32-33,37H,6-17,20-21,24-25,28-31H2,1-5H3,(H-,35,38,39,40)/p+1/b19-18+,23-22+,27-26+. The summed E-state index contributed by atoms with van der Waals surface area (Å²) in [5.41, 5.74) is 0. The molecule has 9 heteroatoms. The molecule has 0 rings (SSSR count). The number of carbonyl (C=O) groups excluding carboxylic acids is 1. The molecule has 0 bridgehead atoms. The Morgan fingerprint density at radius 3 is 1.84 bits per heavy atom. The Labute approximate surface area is 264 Å². The van der Waals surface area contributed by atoms with Gasteiger partial charge in [0.15, 0.2) is 0 Å². The number of carbonyl (C=O) groups is 1. The zero-order valence-corrected chi connectivity index (χ0v) is 29.1. The summed E-state index contributed by atoms with van der Waals surface area (Å²) in [6, 6.07) is -0.860. The Morgan fingerprint density at radius 2 is 1.28 bits per heavy atom. The maximum absolute atomic E-state index is 12.3. The fourth-order valence-corrected chi connectivity index (χ4v) is 5.02. The number of rotatable bonds is 29. The maximum atomic E-state index is 12.3. The molecule has 0 aliphatic carbocycles. The molecule has 3 atom stereocenters. The number of nitrogens with zero attached hydrogens (tertiary/aromatic N) is 1. The van der Waals surface area contributed by atoms with Crippen LogP contribution >= 0.6 is 7.82 Å². The van der Waals surface area contributed by atoms with Gasteiger partial charge in [-0.2, -0.15) is 0 Å². The zero-order valence-electron chi connectivity index (χ0n) is 28.2. The Bertz CT molecular complexity index is 809. The van der Waals surface area contributed by atoms with Gasteiger partial charge in [0.2, 0.25) is 5.91 Å². The molecule has 8 nitrogen and oxygen atoms in total. The Kier molecular flexibility index (Phi) is 26.3. The van der Waals surface area contributed by atoms with Crippen LogP contribution in [0.15, 0.2) is 36.5 Å². The highest BCUT2D eigenvalue weighted by Gasteiger charge is 2.27. The highest BCUT2D eigenvalue weighted by atomic mass is 31.2. The lowest BCUT2D eigenvalue weighted by Gasteiger charge is -2.25. The minimum atomic E-state index is -4.31. The predicted octanol–water partition coefficient (Wildman–Crippen LogP) is 8.01. The third-order valence-corrected chi connectivity index (χ3v) is 8.07. The van der Waals surface area contributed by atoms with Crippen LogP contribution in [0.5, 0.6) is 0 Å². The van der Waals surface area contributed by atoms with Crippen molar-refractivity contribution in [2.75, 3.05) is 40.9 Å². The van der Waals surface area contributed by atoms with E-state index in [-0.39, 0.29) is 19.1 Å². The van der Waals surface area contributed by atoms with Crippen molar-refractivity contribution in [3.05, 3.63) is 36.5 Å². The van der Waals surface area contributed by atoms with Crippen LogP contribution in [-0.2, 0) is 18.4 Å². The second-order valence-corrected chi connectivity index (χ2v) is 14.0. The number of aliphatic hydroxyl groups excluding tert-OH is 1. The van der Waals surface area contributed by atoms with Gasteiger partial charge in [-0.15, -0.1) is 0 Å². The number of quaternary nitrogens is 1. The molecule has 0 aromatic carbocycles. The summed E-state index contributed by atoms with van der Waals surface area (Å²) in [6.45, 7) is 4.50. The number of aliphatic hydroxyl groups is 1. The average molecular weight is 630 g/mol. The molecule has 0 saturated carbocycles. The molecule has 0 heterocycles. The maximum Gasteiger partial charge on any atom is 0.472 e. The summed E-state index contributed by atoms with van der Waals surface area (Å²) >= 11 is 0. The monoisotopic (exact) mass is 629 g/mol. The number of nitrogens with one attached hydrogen (secondary N) is 1. The van der Waals surface area contributed by atoms with Crippen LogP contribution in [0, 0.1) is 0 Å². The quantitative estimate of drug-likeness (QED) is 0.0335. The lowest BCUT2D eigenvalue weighted by atomic mass is 10.1. The van der Waals surface area contributed by atoms with Gasteiger partial charge in [-0.3, -0.25) is 13.8 Å². The number of phosphoric acid groups is 1. The first-order valence-corrected chi connectivity index (χ1v) is 18.4. The van der Waals surface area contributed by atoms with Crippen molar-refractivity contribution >= 4 is 13.7 Å². The van der Waals surface area contributed by atoms with E-state index in [1.807, 2.05) is 34.1 Å². The molecular weight excluding hydrogens is 563 g/mol. The van der Waals surface area contributed by atoms with Crippen molar-refractivity contribution in [2.24, 2.45) is 0 Å². The van der Waals surface area contributed by atoms with Gasteiger partial charge in [0.25, 0.3) is 0 Å². The highest BCUT2D eigenvalue weighted by molar-refractivity contribution is 7.47. The van der Waals surface area contributed by atoms with Gasteiger partial charge in [-0.05, 0) is 44.9 Å². The summed E-state index contributed by atoms with van der Waals surface area (Å²) in [7, 11) is 1.53. The van der Waals surface area contributed by atoms with Gasteiger partial charge in [0, 0.05) is 6.42 Å². The fraction of sp³-hybridized carbons (Fsp3) is 0.794. The molecule has 3 N–H and O–H groups in total. The number of phosphoric ester groups is 1. The number of amides is 1. The molecule has 43 heavy (non-hydrogen) atoms. The zero-order chi connectivity index (χ0) is 32.2. The Balaban J connectivity index is 4.32. The number of hydrogen-bond acceptors (Lipinski definition) is 5. The molecule has 0 aromatic rings. The summed E-state index contributed by atoms with van der Waals surface area (Å²) in [6.07, 6.45) is 30.4. The van der Waals surface area contributed by atoms with Crippen molar-refractivity contribution < 1.29 is 32.9 Å². The minimum Gasteiger partial charge on any atom is -0.387 e. The van der Waals surface area contributed by atoms with E-state index in [1.54, 1.807) is 6.08 Å². The first-order valence-electron chi connectivity index (χ1n) is 16.9. The van der Waals surface area contributed by atoms with Crippen LogP contribution < -0.4 is 5.32 Å². The molecule has 0 aliphatic rings. The molecule has 3 unspecified atom stereocenters. The molecular formula is C34H66N2O6P+. The topological polar surface area (TPSA) is 105 Å². The third kappa shape index (κ3) is 29.2. The van der Waals surface area contributed by atoms with Gasteiger partial charge in [-0.25, -0.2) is 4.57 Å². The van der Waals surface area contributed by atoms with Gasteiger partial charge in [-0.1, -0.05) is 108 Å². The van der Waals surface area contributed by atoms with Crippen molar-refractivity contribution in [3.8, 4) is 0 Å². The van der Waals surface area contributed by atoms with E-state index >= 15 is 0 Å². The summed E-state index contributed by atoms with van der Waals surface area (Å²) in [4.78, 5) is 22.3. The lowest BCUT2D eigenvalue weighted by Crippen LogP contribution is -2.45. The summed E-state index contributed by atoms with van der Waals surface area (Å²) in [5, 5.41) is 13.4. The second-order valence-electron chi connectivity index (χ2n) is 12.5. The van der Waals surface area contributed by atoms with E-state index in [2.05, 4.69) is 36.5 Å². The van der Waals surface area contributed by atoms with Gasteiger partial charge >= 0.3 is 7.82 Å². The minimum absolute atomic E-state index is 0.0520. The van der Waals surface area contributed by atoms with Crippen LogP contribution in [0.3, 0.4) is 0 Å². The van der Waals surface area contributed by atoms with Crippen molar-refractivity contribution in [2.45, 2.75) is 135 Å². The van der Waals surface area contributed by atoms with E-state index in [0.717, 1.165) is 38.5 Å². The van der Waals surface area contributed by atoms with Crippen LogP contribution in [0.1, 0.15) is 123 Å². The Morgan fingerprint density at radius 1 is 0.767 bits per heavy atom. The van der Waals surface area contributed by atoms with Gasteiger partial charge < -0.3 is 19.8 Å². The smallest absolute Gasteiger partial charge is 0.387 e. The molecule has 0 fully saturated rings. The molecule has 252 valence electrons. The molecule has 0 aromatic heterocycles. The first kappa shape index (κ1) is 41.7. The molecule has 0 spiro atoms. The summed E-state index contributed by atoms with van der Waals surface area (Å²) < 4.78 is 23.1. The normalized spacial score (nSPS) is 15.4. The molecule has 1 amide bonds.